The first-order chi connectivity index (χ1) is 6.97. The van der Waals surface area contributed by atoms with E-state index in [0.29, 0.717) is 24.5 Å². The summed E-state index contributed by atoms with van der Waals surface area (Å²) in [6.45, 7) is 0.385. The minimum atomic E-state index is -2.89. The molecular formula is C10H15NO3S. The minimum Gasteiger partial charge on any atom is -0.493 e. The van der Waals surface area contributed by atoms with E-state index in [1.165, 1.54) is 6.26 Å². The van der Waals surface area contributed by atoms with Crippen molar-refractivity contribution in [2.45, 2.75) is 6.42 Å². The Kier molecular flexibility index (Phi) is 3.96. The molecule has 84 valence electrons. The molecule has 1 aromatic carbocycles. The highest BCUT2D eigenvalue weighted by Gasteiger charge is 2.01. The van der Waals surface area contributed by atoms with E-state index in [1.807, 2.05) is 0 Å². The molecule has 15 heavy (non-hydrogen) atoms. The molecule has 0 aromatic heterocycles. The van der Waals surface area contributed by atoms with Crippen LogP contribution in [0.1, 0.15) is 6.42 Å². The summed E-state index contributed by atoms with van der Waals surface area (Å²) in [7, 11) is -2.89. The van der Waals surface area contributed by atoms with E-state index in [0.717, 1.165) is 0 Å². The van der Waals surface area contributed by atoms with Crippen LogP contribution in [0.25, 0.3) is 0 Å². The monoisotopic (exact) mass is 229 g/mol. The predicted octanol–water partition coefficient (Wildman–Crippen LogP) is 1.08. The number of anilines is 1. The lowest BCUT2D eigenvalue weighted by Crippen LogP contribution is -2.08. The fourth-order valence-electron chi connectivity index (χ4n) is 1.12. The Labute approximate surface area is 90.0 Å². The molecule has 0 amide bonds. The van der Waals surface area contributed by atoms with Crippen LogP contribution in [0.4, 0.5) is 5.69 Å². The first kappa shape index (κ1) is 11.8. The van der Waals surface area contributed by atoms with Crippen molar-refractivity contribution in [1.82, 2.24) is 0 Å². The molecule has 0 unspecified atom stereocenters. The summed E-state index contributed by atoms with van der Waals surface area (Å²) in [5.74, 6) is 0.818. The zero-order valence-corrected chi connectivity index (χ0v) is 9.46. The Morgan fingerprint density at radius 2 is 2.13 bits per heavy atom. The van der Waals surface area contributed by atoms with E-state index in [2.05, 4.69) is 0 Å². The van der Waals surface area contributed by atoms with Crippen LogP contribution in [0.3, 0.4) is 0 Å². The first-order valence-corrected chi connectivity index (χ1v) is 6.69. The van der Waals surface area contributed by atoms with Crippen LogP contribution in [0, 0.1) is 0 Å². The van der Waals surface area contributed by atoms with Crippen molar-refractivity contribution in [2.75, 3.05) is 24.3 Å². The van der Waals surface area contributed by atoms with Gasteiger partial charge in [-0.05, 0) is 18.6 Å². The van der Waals surface area contributed by atoms with Gasteiger partial charge in [-0.1, -0.05) is 6.07 Å². The zero-order valence-electron chi connectivity index (χ0n) is 8.64. The molecule has 2 N–H and O–H groups in total. The molecule has 0 aliphatic carbocycles. The normalized spacial score (nSPS) is 11.3. The van der Waals surface area contributed by atoms with Crippen LogP contribution in [-0.2, 0) is 9.84 Å². The van der Waals surface area contributed by atoms with Gasteiger partial charge in [0.15, 0.2) is 0 Å². The zero-order chi connectivity index (χ0) is 11.3. The van der Waals surface area contributed by atoms with E-state index in [4.69, 9.17) is 10.5 Å². The maximum absolute atomic E-state index is 10.8. The van der Waals surface area contributed by atoms with Crippen molar-refractivity contribution < 1.29 is 13.2 Å². The molecule has 1 rings (SSSR count). The van der Waals surface area contributed by atoms with E-state index in [9.17, 15) is 8.42 Å². The number of nitrogen functional groups attached to an aromatic ring is 1. The van der Waals surface area contributed by atoms with Gasteiger partial charge in [0.1, 0.15) is 15.6 Å². The number of benzene rings is 1. The van der Waals surface area contributed by atoms with Crippen LogP contribution in [0.2, 0.25) is 0 Å². The van der Waals surface area contributed by atoms with E-state index in [1.54, 1.807) is 24.3 Å². The summed E-state index contributed by atoms with van der Waals surface area (Å²) in [6, 6.07) is 7.06. The maximum Gasteiger partial charge on any atom is 0.147 e. The lowest BCUT2D eigenvalue weighted by Gasteiger charge is -2.05. The van der Waals surface area contributed by atoms with Gasteiger partial charge >= 0.3 is 0 Å². The highest BCUT2D eigenvalue weighted by Crippen LogP contribution is 2.14. The van der Waals surface area contributed by atoms with Crippen molar-refractivity contribution in [3.05, 3.63) is 24.3 Å². The van der Waals surface area contributed by atoms with Crippen LogP contribution in [0.15, 0.2) is 24.3 Å². The van der Waals surface area contributed by atoms with Crippen molar-refractivity contribution in [3.63, 3.8) is 0 Å². The lowest BCUT2D eigenvalue weighted by atomic mass is 10.3. The SMILES string of the molecule is CS(=O)(=O)CCCOc1cccc(N)c1. The smallest absolute Gasteiger partial charge is 0.147 e. The Morgan fingerprint density at radius 1 is 1.40 bits per heavy atom. The topological polar surface area (TPSA) is 69.4 Å². The van der Waals surface area contributed by atoms with Gasteiger partial charge in [-0.3, -0.25) is 0 Å². The second kappa shape index (κ2) is 5.02. The average molecular weight is 229 g/mol. The van der Waals surface area contributed by atoms with Gasteiger partial charge in [0.2, 0.25) is 0 Å². The molecule has 0 fully saturated rings. The number of rotatable bonds is 5. The molecule has 5 heteroatoms. The third-order valence-electron chi connectivity index (χ3n) is 1.79. The molecule has 0 saturated carbocycles. The van der Waals surface area contributed by atoms with Crippen LogP contribution < -0.4 is 10.5 Å². The van der Waals surface area contributed by atoms with Gasteiger partial charge in [-0.2, -0.15) is 0 Å². The van der Waals surface area contributed by atoms with E-state index < -0.39 is 9.84 Å². The van der Waals surface area contributed by atoms with Crippen molar-refractivity contribution in [1.29, 1.82) is 0 Å². The van der Waals surface area contributed by atoms with Gasteiger partial charge < -0.3 is 10.5 Å². The summed E-state index contributed by atoms with van der Waals surface area (Å²) in [4.78, 5) is 0. The van der Waals surface area contributed by atoms with Crippen LogP contribution in [-0.4, -0.2) is 27.0 Å². The molecular weight excluding hydrogens is 214 g/mol. The Bertz CT molecular complexity index is 414. The third kappa shape index (κ3) is 5.27. The number of nitrogens with two attached hydrogens (primary N) is 1. The Morgan fingerprint density at radius 3 is 2.73 bits per heavy atom. The second-order valence-corrected chi connectivity index (χ2v) is 5.66. The molecule has 0 bridgehead atoms. The molecule has 0 atom stereocenters. The summed E-state index contributed by atoms with van der Waals surface area (Å²) in [5.41, 5.74) is 6.19. The molecule has 1 aromatic rings. The highest BCUT2D eigenvalue weighted by molar-refractivity contribution is 7.90. The van der Waals surface area contributed by atoms with Gasteiger partial charge in [0, 0.05) is 18.0 Å². The molecule has 0 heterocycles. The van der Waals surface area contributed by atoms with Gasteiger partial charge in [-0.25, -0.2) is 8.42 Å². The Hall–Kier alpha value is -1.23. The van der Waals surface area contributed by atoms with Crippen molar-refractivity contribution in [2.24, 2.45) is 0 Å². The van der Waals surface area contributed by atoms with Crippen LogP contribution >= 0.6 is 0 Å². The van der Waals surface area contributed by atoms with E-state index in [-0.39, 0.29) is 5.75 Å². The average Bonchev–Trinajstić information content (AvgIpc) is 2.11. The molecule has 0 spiro atoms. The summed E-state index contributed by atoms with van der Waals surface area (Å²) in [6.07, 6.45) is 1.71. The minimum absolute atomic E-state index is 0.148. The van der Waals surface area contributed by atoms with Crippen molar-refractivity contribution >= 4 is 15.5 Å². The van der Waals surface area contributed by atoms with Gasteiger partial charge in [-0.15, -0.1) is 0 Å². The lowest BCUT2D eigenvalue weighted by molar-refractivity contribution is 0.318. The number of sulfone groups is 1. The molecule has 4 nitrogen and oxygen atoms in total. The van der Waals surface area contributed by atoms with Gasteiger partial charge in [0.25, 0.3) is 0 Å². The van der Waals surface area contributed by atoms with Crippen LogP contribution in [0.5, 0.6) is 5.75 Å². The highest BCUT2D eigenvalue weighted by atomic mass is 32.2. The quantitative estimate of drug-likeness (QED) is 0.606. The first-order valence-electron chi connectivity index (χ1n) is 4.63. The fourth-order valence-corrected chi connectivity index (χ4v) is 1.76. The molecule has 0 saturated heterocycles. The predicted molar refractivity (Wildman–Crippen MR) is 60.7 cm³/mol. The number of ether oxygens (including phenoxy) is 1. The molecule has 0 aliphatic rings. The largest absolute Gasteiger partial charge is 0.493 e. The number of hydrogen-bond donors (Lipinski definition) is 1. The second-order valence-electron chi connectivity index (χ2n) is 3.40. The maximum atomic E-state index is 10.8. The van der Waals surface area contributed by atoms with E-state index >= 15 is 0 Å². The third-order valence-corrected chi connectivity index (χ3v) is 2.82. The standard InChI is InChI=1S/C10H15NO3S/c1-15(12,13)7-3-6-14-10-5-2-4-9(11)8-10/h2,4-5,8H,3,6-7,11H2,1H3. The summed E-state index contributed by atoms with van der Waals surface area (Å²) >= 11 is 0. The summed E-state index contributed by atoms with van der Waals surface area (Å²) < 4.78 is 27.0. The molecule has 0 radical (unpaired) electrons. The van der Waals surface area contributed by atoms with Gasteiger partial charge in [0.05, 0.1) is 12.4 Å². The molecule has 0 aliphatic heterocycles. The summed E-state index contributed by atoms with van der Waals surface area (Å²) in [5, 5.41) is 0. The number of hydrogen-bond acceptors (Lipinski definition) is 4. The fraction of sp³-hybridized carbons (Fsp3) is 0.400. The van der Waals surface area contributed by atoms with Crippen molar-refractivity contribution in [3.8, 4) is 5.75 Å². The Balaban J connectivity index is 2.32.